The molecule has 66 valence electrons. The lowest BCUT2D eigenvalue weighted by molar-refractivity contribution is 0.419. The SMILES string of the molecule is COc1cc(=O)[nH]c2ccccc12.[H+]. The Bertz CT molecular complexity index is 493. The molecule has 0 bridgehead atoms. The monoisotopic (exact) mass is 176 g/mol. The van der Waals surface area contributed by atoms with Gasteiger partial charge in [0.2, 0.25) is 0 Å². The van der Waals surface area contributed by atoms with Crippen molar-refractivity contribution in [2.45, 2.75) is 0 Å². The average molecular weight is 176 g/mol. The second-order valence-electron chi connectivity index (χ2n) is 2.75. The first-order valence-corrected chi connectivity index (χ1v) is 3.97. The summed E-state index contributed by atoms with van der Waals surface area (Å²) in [4.78, 5) is 13.9. The molecule has 1 aromatic heterocycles. The smallest absolute Gasteiger partial charge is 0.496 e. The van der Waals surface area contributed by atoms with Crippen LogP contribution >= 0.6 is 0 Å². The first-order valence-electron chi connectivity index (χ1n) is 3.97. The van der Waals surface area contributed by atoms with Gasteiger partial charge in [-0.3, -0.25) is 4.79 Å². The Labute approximate surface area is 76.5 Å². The summed E-state index contributed by atoms with van der Waals surface area (Å²) in [6, 6.07) is 8.98. The van der Waals surface area contributed by atoms with Crippen LogP contribution in [-0.4, -0.2) is 12.1 Å². The highest BCUT2D eigenvalue weighted by Crippen LogP contribution is 2.20. The molecule has 1 N–H and O–H groups in total. The largest absolute Gasteiger partial charge is 1.00 e. The molecule has 0 spiro atoms. The molecule has 0 aliphatic heterocycles. The molecule has 3 nitrogen and oxygen atoms in total. The molecule has 0 unspecified atom stereocenters. The molecule has 13 heavy (non-hydrogen) atoms. The van der Waals surface area contributed by atoms with Crippen molar-refractivity contribution in [3.63, 3.8) is 0 Å². The van der Waals surface area contributed by atoms with Crippen molar-refractivity contribution in [3.05, 3.63) is 40.7 Å². The number of rotatable bonds is 1. The van der Waals surface area contributed by atoms with E-state index in [1.807, 2.05) is 24.3 Å². The summed E-state index contributed by atoms with van der Waals surface area (Å²) in [7, 11) is 1.56. The molecular weight excluding hydrogens is 166 g/mol. The molecule has 0 aliphatic carbocycles. The quantitative estimate of drug-likeness (QED) is 0.717. The zero-order valence-electron chi connectivity index (χ0n) is 8.20. The molecule has 0 saturated heterocycles. The summed E-state index contributed by atoms with van der Waals surface area (Å²) in [5.41, 5.74) is 0.655. The van der Waals surface area contributed by atoms with Gasteiger partial charge in [0.05, 0.1) is 12.6 Å². The Morgan fingerprint density at radius 1 is 1.38 bits per heavy atom. The minimum Gasteiger partial charge on any atom is -0.496 e. The van der Waals surface area contributed by atoms with Gasteiger partial charge >= 0.3 is 1.43 Å². The van der Waals surface area contributed by atoms with Gasteiger partial charge in [-0.2, -0.15) is 0 Å². The number of hydrogen-bond donors (Lipinski definition) is 1. The lowest BCUT2D eigenvalue weighted by Crippen LogP contribution is -2.04. The number of para-hydroxylation sites is 1. The third-order valence-electron chi connectivity index (χ3n) is 1.93. The van der Waals surface area contributed by atoms with E-state index < -0.39 is 0 Å². The van der Waals surface area contributed by atoms with Crippen molar-refractivity contribution < 1.29 is 6.16 Å². The van der Waals surface area contributed by atoms with Gasteiger partial charge in [-0.15, -0.1) is 0 Å². The van der Waals surface area contributed by atoms with Crippen LogP contribution in [0.4, 0.5) is 0 Å². The Morgan fingerprint density at radius 3 is 2.92 bits per heavy atom. The number of H-pyrrole nitrogens is 1. The van der Waals surface area contributed by atoms with Crippen LogP contribution in [0.1, 0.15) is 1.43 Å². The summed E-state index contributed by atoms with van der Waals surface area (Å²) < 4.78 is 5.09. The Morgan fingerprint density at radius 2 is 2.15 bits per heavy atom. The number of benzene rings is 1. The first kappa shape index (κ1) is 7.86. The Balaban J connectivity index is 0.000000980. The molecule has 0 fully saturated rings. The van der Waals surface area contributed by atoms with Crippen LogP contribution in [0.3, 0.4) is 0 Å². The lowest BCUT2D eigenvalue weighted by Gasteiger charge is -2.03. The van der Waals surface area contributed by atoms with E-state index >= 15 is 0 Å². The van der Waals surface area contributed by atoms with Crippen molar-refractivity contribution in [3.8, 4) is 5.75 Å². The third-order valence-corrected chi connectivity index (χ3v) is 1.93. The van der Waals surface area contributed by atoms with Crippen LogP contribution in [0.2, 0.25) is 0 Å². The van der Waals surface area contributed by atoms with E-state index in [9.17, 15) is 4.79 Å². The van der Waals surface area contributed by atoms with Crippen LogP contribution in [0.5, 0.6) is 5.75 Å². The fraction of sp³-hybridized carbons (Fsp3) is 0.100. The van der Waals surface area contributed by atoms with E-state index in [0.717, 1.165) is 10.9 Å². The van der Waals surface area contributed by atoms with Gasteiger partial charge < -0.3 is 9.72 Å². The van der Waals surface area contributed by atoms with Crippen LogP contribution < -0.4 is 10.3 Å². The molecule has 2 aromatic rings. The van der Waals surface area contributed by atoms with Gasteiger partial charge in [-0.05, 0) is 12.1 Å². The predicted molar refractivity (Wildman–Crippen MR) is 52.2 cm³/mol. The fourth-order valence-electron chi connectivity index (χ4n) is 1.34. The molecule has 0 aliphatic rings. The average Bonchev–Trinajstić information content (AvgIpc) is 2.16. The van der Waals surface area contributed by atoms with Gasteiger partial charge in [-0.25, -0.2) is 0 Å². The van der Waals surface area contributed by atoms with E-state index in [1.54, 1.807) is 7.11 Å². The Kier molecular flexibility index (Phi) is 1.77. The second-order valence-corrected chi connectivity index (χ2v) is 2.75. The minimum absolute atomic E-state index is 0. The lowest BCUT2D eigenvalue weighted by atomic mass is 10.2. The molecular formula is C10H10NO2+. The molecule has 2 rings (SSSR count). The highest BCUT2D eigenvalue weighted by atomic mass is 16.5. The number of hydrogen-bond acceptors (Lipinski definition) is 2. The second kappa shape index (κ2) is 2.94. The number of ether oxygens (including phenoxy) is 1. The fourth-order valence-corrected chi connectivity index (χ4v) is 1.34. The zero-order chi connectivity index (χ0) is 9.26. The van der Waals surface area contributed by atoms with Crippen molar-refractivity contribution >= 4 is 10.9 Å². The zero-order valence-corrected chi connectivity index (χ0v) is 7.20. The molecule has 0 saturated carbocycles. The van der Waals surface area contributed by atoms with E-state index in [1.165, 1.54) is 6.07 Å². The molecule has 0 amide bonds. The highest BCUT2D eigenvalue weighted by Gasteiger charge is 2.00. The topological polar surface area (TPSA) is 42.1 Å². The van der Waals surface area contributed by atoms with Gasteiger partial charge in [0.25, 0.3) is 5.56 Å². The van der Waals surface area contributed by atoms with E-state index in [-0.39, 0.29) is 6.99 Å². The summed E-state index contributed by atoms with van der Waals surface area (Å²) in [6.45, 7) is 0. The van der Waals surface area contributed by atoms with Crippen LogP contribution in [-0.2, 0) is 0 Å². The van der Waals surface area contributed by atoms with E-state index in [4.69, 9.17) is 4.74 Å². The van der Waals surface area contributed by atoms with Crippen molar-refractivity contribution in [1.82, 2.24) is 4.98 Å². The number of fused-ring (bicyclic) bond motifs is 1. The van der Waals surface area contributed by atoms with Crippen molar-refractivity contribution in [2.24, 2.45) is 0 Å². The van der Waals surface area contributed by atoms with Gasteiger partial charge in [-0.1, -0.05) is 12.1 Å². The normalized spacial score (nSPS) is 10.2. The van der Waals surface area contributed by atoms with Crippen LogP contribution in [0.25, 0.3) is 10.9 Å². The van der Waals surface area contributed by atoms with Gasteiger partial charge in [0.15, 0.2) is 0 Å². The number of aromatic nitrogens is 1. The summed E-state index contributed by atoms with van der Waals surface area (Å²) in [5, 5.41) is 0.921. The van der Waals surface area contributed by atoms with Crippen LogP contribution in [0.15, 0.2) is 35.1 Å². The molecule has 0 atom stereocenters. The van der Waals surface area contributed by atoms with Gasteiger partial charge in [0, 0.05) is 11.5 Å². The number of methoxy groups -OCH3 is 1. The standard InChI is InChI=1S/C10H9NO2/c1-13-9-6-10(12)11-8-5-3-2-4-7(8)9/h2-6H,1H3,(H,11,12)/p+1. The van der Waals surface area contributed by atoms with E-state index in [2.05, 4.69) is 4.98 Å². The molecule has 1 heterocycles. The van der Waals surface area contributed by atoms with Crippen LogP contribution in [0, 0.1) is 0 Å². The summed E-state index contributed by atoms with van der Waals surface area (Å²) in [5.74, 6) is 0.611. The first-order chi connectivity index (χ1) is 6.31. The highest BCUT2D eigenvalue weighted by molar-refractivity contribution is 5.84. The molecule has 0 radical (unpaired) electrons. The number of nitrogens with one attached hydrogen (secondary N) is 1. The van der Waals surface area contributed by atoms with Crippen molar-refractivity contribution in [2.75, 3.05) is 7.11 Å². The predicted octanol–water partition coefficient (Wildman–Crippen LogP) is 1.65. The summed E-state index contributed by atoms with van der Waals surface area (Å²) >= 11 is 0. The minimum atomic E-state index is -0.143. The van der Waals surface area contributed by atoms with Gasteiger partial charge in [0.1, 0.15) is 5.75 Å². The number of pyridine rings is 1. The molecule has 1 aromatic carbocycles. The maximum Gasteiger partial charge on any atom is 1.00 e. The third kappa shape index (κ3) is 1.28. The van der Waals surface area contributed by atoms with E-state index in [0.29, 0.717) is 5.75 Å². The van der Waals surface area contributed by atoms with Crippen molar-refractivity contribution in [1.29, 1.82) is 0 Å². The maximum absolute atomic E-state index is 11.1. The maximum atomic E-state index is 11.1. The summed E-state index contributed by atoms with van der Waals surface area (Å²) in [6.07, 6.45) is 0. The Hall–Kier alpha value is -1.77. The number of aromatic amines is 1. The molecule has 3 heteroatoms.